The van der Waals surface area contributed by atoms with Crippen LogP contribution < -0.4 is 4.90 Å². The molecule has 2 N–H and O–H groups in total. The lowest BCUT2D eigenvalue weighted by atomic mass is 9.88. The van der Waals surface area contributed by atoms with Crippen LogP contribution in [0, 0.1) is 0 Å². The smallest absolute Gasteiger partial charge is 0.407 e. The molecule has 3 unspecified atom stereocenters. The molecule has 0 aliphatic carbocycles. The molecule has 1 aromatic carbocycles. The molecule has 2 aromatic heterocycles. The lowest BCUT2D eigenvalue weighted by Gasteiger charge is -2.54. The Bertz CT molecular complexity index is 1000. The van der Waals surface area contributed by atoms with Crippen LogP contribution in [0.3, 0.4) is 0 Å². The lowest BCUT2D eigenvalue weighted by molar-refractivity contribution is 0.0101. The van der Waals surface area contributed by atoms with Crippen LogP contribution in [0.25, 0.3) is 21.7 Å². The number of carbonyl (C=O) groups is 1. The van der Waals surface area contributed by atoms with Crippen LogP contribution >= 0.6 is 11.3 Å². The van der Waals surface area contributed by atoms with Gasteiger partial charge in [-0.15, -0.1) is 11.3 Å². The quantitative estimate of drug-likeness (QED) is 0.713. The summed E-state index contributed by atoms with van der Waals surface area (Å²) in [7, 11) is 0. The predicted molar refractivity (Wildman–Crippen MR) is 100 cm³/mol. The van der Waals surface area contributed by atoms with Gasteiger partial charge in [0, 0.05) is 30.2 Å². The average molecular weight is 386 g/mol. The number of aliphatic hydroxyl groups excluding tert-OH is 1. The van der Waals surface area contributed by atoms with E-state index in [2.05, 4.69) is 9.97 Å². The van der Waals surface area contributed by atoms with Crippen molar-refractivity contribution in [3.8, 4) is 10.6 Å². The predicted octanol–water partition coefficient (Wildman–Crippen LogP) is 2.95. The molecule has 0 radical (unpaired) electrons. The summed E-state index contributed by atoms with van der Waals surface area (Å²) < 4.78 is 6.12. The van der Waals surface area contributed by atoms with E-state index in [1.807, 2.05) is 22.4 Å². The van der Waals surface area contributed by atoms with E-state index in [-0.39, 0.29) is 12.1 Å². The van der Waals surface area contributed by atoms with Crippen molar-refractivity contribution in [2.24, 2.45) is 0 Å². The number of piperazine rings is 1. The second kappa shape index (κ2) is 5.93. The van der Waals surface area contributed by atoms with E-state index >= 15 is 0 Å². The van der Waals surface area contributed by atoms with E-state index in [0.29, 0.717) is 35.8 Å². The van der Waals surface area contributed by atoms with Crippen LogP contribution in [0.5, 0.6) is 0 Å². The van der Waals surface area contributed by atoms with Crippen LogP contribution in [0.2, 0.25) is 0 Å². The summed E-state index contributed by atoms with van der Waals surface area (Å²) in [5.41, 5.74) is 2.78. The van der Waals surface area contributed by atoms with Gasteiger partial charge in [0.05, 0.1) is 23.8 Å². The molecule has 3 saturated heterocycles. The third-order valence-corrected chi connectivity index (χ3v) is 6.17. The molecule has 8 nitrogen and oxygen atoms in total. The maximum atomic E-state index is 11.3. The van der Waals surface area contributed by atoms with E-state index in [0.717, 1.165) is 17.0 Å². The molecular formula is C18H18N4O4S. The highest BCUT2D eigenvalue weighted by Crippen LogP contribution is 2.39. The van der Waals surface area contributed by atoms with Crippen LogP contribution in [0.15, 0.2) is 28.1 Å². The van der Waals surface area contributed by atoms with E-state index in [9.17, 15) is 15.0 Å². The fourth-order valence-corrected chi connectivity index (χ4v) is 4.75. The number of aliphatic hydroxyl groups is 1. The summed E-state index contributed by atoms with van der Waals surface area (Å²) in [4.78, 5) is 23.8. The van der Waals surface area contributed by atoms with Gasteiger partial charge < -0.3 is 19.5 Å². The third-order valence-electron chi connectivity index (χ3n) is 5.36. The number of anilines is 1. The number of benzene rings is 1. The molecule has 3 fully saturated rings. The van der Waals surface area contributed by atoms with Gasteiger partial charge in [-0.25, -0.2) is 9.78 Å². The monoisotopic (exact) mass is 386 g/mol. The normalized spacial score (nSPS) is 22.7. The minimum atomic E-state index is -0.865. The summed E-state index contributed by atoms with van der Waals surface area (Å²) in [5, 5.41) is 22.1. The van der Waals surface area contributed by atoms with Crippen LogP contribution in [-0.4, -0.2) is 56.3 Å². The van der Waals surface area contributed by atoms with Gasteiger partial charge in [-0.3, -0.25) is 4.90 Å². The van der Waals surface area contributed by atoms with E-state index in [1.165, 1.54) is 16.2 Å². The Morgan fingerprint density at radius 1 is 1.37 bits per heavy atom. The number of nitrogens with zero attached hydrogens (tertiary/aromatic N) is 4. The molecule has 0 saturated carbocycles. The number of oxazole rings is 1. The minimum absolute atomic E-state index is 0.0223. The molecule has 9 heteroatoms. The molecule has 3 aliphatic heterocycles. The number of thiazole rings is 1. The second-order valence-electron chi connectivity index (χ2n) is 7.03. The molecular weight excluding hydrogens is 368 g/mol. The average Bonchev–Trinajstić information content (AvgIpc) is 3.30. The maximum absolute atomic E-state index is 11.3. The van der Waals surface area contributed by atoms with Crippen molar-refractivity contribution >= 4 is 34.5 Å². The first-order valence-corrected chi connectivity index (χ1v) is 9.68. The minimum Gasteiger partial charge on any atom is -0.465 e. The first-order chi connectivity index (χ1) is 13.0. The number of carboxylic acid groups (broad SMARTS) is 1. The van der Waals surface area contributed by atoms with Gasteiger partial charge in [0.2, 0.25) is 0 Å². The van der Waals surface area contributed by atoms with Gasteiger partial charge >= 0.3 is 6.09 Å². The molecule has 27 heavy (non-hydrogen) atoms. The zero-order valence-corrected chi connectivity index (χ0v) is 15.4. The van der Waals surface area contributed by atoms with Crippen molar-refractivity contribution in [1.82, 2.24) is 14.9 Å². The SMILES string of the molecule is CC(O)c1ccc(-c2nccs2)c2oc(N3CC4CC(C3)N4C(=O)O)nc12. The number of hydrogen-bond acceptors (Lipinski definition) is 7. The maximum Gasteiger partial charge on any atom is 0.407 e. The fourth-order valence-electron chi connectivity index (χ4n) is 4.09. The van der Waals surface area contributed by atoms with Gasteiger partial charge in [0.25, 0.3) is 6.01 Å². The first-order valence-electron chi connectivity index (χ1n) is 8.80. The summed E-state index contributed by atoms with van der Waals surface area (Å²) in [6, 6.07) is 4.18. The number of aromatic nitrogens is 2. The number of rotatable bonds is 3. The standard InChI is InChI=1S/C18H18N4O4S/c1-9(23)12-2-3-13(16-19-4-5-27-16)15-14(12)20-17(26-15)21-7-10-6-11(8-21)22(10)18(24)25/h2-5,9-11,23H,6-8H2,1H3,(H,24,25). The van der Waals surface area contributed by atoms with Crippen molar-refractivity contribution < 1.29 is 19.4 Å². The molecule has 6 rings (SSSR count). The van der Waals surface area contributed by atoms with Crippen molar-refractivity contribution in [2.75, 3.05) is 18.0 Å². The summed E-state index contributed by atoms with van der Waals surface area (Å²) in [6.45, 7) is 2.82. The molecule has 1 amide bonds. The molecule has 2 bridgehead atoms. The Morgan fingerprint density at radius 2 is 2.15 bits per heavy atom. The zero-order valence-electron chi connectivity index (χ0n) is 14.6. The van der Waals surface area contributed by atoms with Gasteiger partial charge in [-0.05, 0) is 19.4 Å². The molecule has 0 spiro atoms. The van der Waals surface area contributed by atoms with Crippen molar-refractivity contribution in [3.63, 3.8) is 0 Å². The molecule has 140 valence electrons. The largest absolute Gasteiger partial charge is 0.465 e. The Kier molecular flexibility index (Phi) is 3.63. The Hall–Kier alpha value is -2.65. The molecule has 3 aromatic rings. The van der Waals surface area contributed by atoms with E-state index < -0.39 is 12.2 Å². The van der Waals surface area contributed by atoms with Crippen LogP contribution in [0.1, 0.15) is 25.0 Å². The highest BCUT2D eigenvalue weighted by Gasteiger charge is 2.48. The zero-order chi connectivity index (χ0) is 18.7. The number of amides is 1. The van der Waals surface area contributed by atoms with E-state index in [4.69, 9.17) is 4.42 Å². The van der Waals surface area contributed by atoms with Crippen LogP contribution in [-0.2, 0) is 0 Å². The summed E-state index contributed by atoms with van der Waals surface area (Å²) >= 11 is 1.51. The number of piperidine rings is 1. The number of hydrogen-bond donors (Lipinski definition) is 2. The highest BCUT2D eigenvalue weighted by molar-refractivity contribution is 7.13. The lowest BCUT2D eigenvalue weighted by Crippen LogP contribution is -2.70. The topological polar surface area (TPSA) is 103 Å². The third kappa shape index (κ3) is 2.49. The highest BCUT2D eigenvalue weighted by atomic mass is 32.1. The Balaban J connectivity index is 1.56. The first kappa shape index (κ1) is 16.5. The summed E-state index contributed by atoms with van der Waals surface area (Å²) in [6.07, 6.45) is 1.08. The number of fused-ring (bicyclic) bond motifs is 3. The molecule has 3 atom stereocenters. The van der Waals surface area contributed by atoms with Crippen molar-refractivity contribution in [1.29, 1.82) is 0 Å². The van der Waals surface area contributed by atoms with Gasteiger partial charge in [0.1, 0.15) is 10.5 Å². The molecule has 5 heterocycles. The second-order valence-corrected chi connectivity index (χ2v) is 7.92. The van der Waals surface area contributed by atoms with Gasteiger partial charge in [-0.2, -0.15) is 4.98 Å². The van der Waals surface area contributed by atoms with Gasteiger partial charge in [-0.1, -0.05) is 6.07 Å². The Morgan fingerprint density at radius 3 is 2.78 bits per heavy atom. The van der Waals surface area contributed by atoms with E-state index in [1.54, 1.807) is 13.1 Å². The van der Waals surface area contributed by atoms with Gasteiger partial charge in [0.15, 0.2) is 5.58 Å². The van der Waals surface area contributed by atoms with Crippen LogP contribution in [0.4, 0.5) is 10.8 Å². The summed E-state index contributed by atoms with van der Waals surface area (Å²) in [5.74, 6) is 0. The van der Waals surface area contributed by atoms with Crippen molar-refractivity contribution in [3.05, 3.63) is 29.3 Å². The fraction of sp³-hybridized carbons (Fsp3) is 0.389. The van der Waals surface area contributed by atoms with Crippen molar-refractivity contribution in [2.45, 2.75) is 31.5 Å². The molecule has 3 aliphatic rings. The Labute approximate surface area is 158 Å².